The van der Waals surface area contributed by atoms with Gasteiger partial charge in [0.1, 0.15) is 5.82 Å². The summed E-state index contributed by atoms with van der Waals surface area (Å²) >= 11 is 0. The molecule has 0 saturated carbocycles. The van der Waals surface area contributed by atoms with Crippen LogP contribution in [0.5, 0.6) is 0 Å². The summed E-state index contributed by atoms with van der Waals surface area (Å²) in [6, 6.07) is 1.92. The van der Waals surface area contributed by atoms with Crippen molar-refractivity contribution in [1.82, 2.24) is 19.6 Å². The van der Waals surface area contributed by atoms with E-state index in [0.717, 1.165) is 11.5 Å². The number of aryl methyl sites for hydroxylation is 4. The maximum Gasteiger partial charge on any atom is 0.216 e. The van der Waals surface area contributed by atoms with Gasteiger partial charge in [-0.25, -0.2) is 4.68 Å². The summed E-state index contributed by atoms with van der Waals surface area (Å²) in [5.41, 5.74) is 2.33. The molecule has 0 aliphatic heterocycles. The van der Waals surface area contributed by atoms with Crippen molar-refractivity contribution in [3.8, 4) is 0 Å². The summed E-state index contributed by atoms with van der Waals surface area (Å²) in [6.07, 6.45) is 0. The molecule has 0 bridgehead atoms. The normalized spacial score (nSPS) is 10.9. The predicted octanol–water partition coefficient (Wildman–Crippen LogP) is 1.52. The van der Waals surface area contributed by atoms with Crippen LogP contribution in [0.4, 0.5) is 10.2 Å². The van der Waals surface area contributed by atoms with Crippen molar-refractivity contribution in [2.24, 2.45) is 14.1 Å². The van der Waals surface area contributed by atoms with Crippen molar-refractivity contribution < 1.29 is 4.39 Å². The summed E-state index contributed by atoms with van der Waals surface area (Å²) in [6.45, 7) is 4.15. The average Bonchev–Trinajstić information content (AvgIpc) is 2.69. The highest BCUT2D eigenvalue weighted by atomic mass is 19.1. The average molecular weight is 237 g/mol. The minimum atomic E-state index is -0.303. The standard InChI is InChI=1S/C11H16FN5/c1-7-5-10(15-16(7)3)13-6-9-8(2)14-17(4)11(9)12/h5H,6H2,1-4H3,(H,13,15). The Morgan fingerprint density at radius 1 is 1.24 bits per heavy atom. The van der Waals surface area contributed by atoms with E-state index >= 15 is 0 Å². The molecule has 0 atom stereocenters. The summed E-state index contributed by atoms with van der Waals surface area (Å²) in [5.74, 6) is 0.440. The van der Waals surface area contributed by atoms with Crippen molar-refractivity contribution in [2.45, 2.75) is 20.4 Å². The van der Waals surface area contributed by atoms with Crippen LogP contribution in [0, 0.1) is 19.8 Å². The molecule has 1 N–H and O–H groups in total. The molecule has 0 aliphatic carbocycles. The molecule has 2 aromatic heterocycles. The first-order valence-electron chi connectivity index (χ1n) is 5.41. The number of nitrogens with zero attached hydrogens (tertiary/aromatic N) is 4. The molecule has 6 heteroatoms. The molecule has 92 valence electrons. The molecule has 0 saturated heterocycles. The highest BCUT2D eigenvalue weighted by Crippen LogP contribution is 2.14. The third kappa shape index (κ3) is 2.15. The first-order valence-corrected chi connectivity index (χ1v) is 5.41. The molecule has 0 fully saturated rings. The van der Waals surface area contributed by atoms with Crippen molar-refractivity contribution in [2.75, 3.05) is 5.32 Å². The molecule has 0 spiro atoms. The van der Waals surface area contributed by atoms with E-state index in [9.17, 15) is 4.39 Å². The van der Waals surface area contributed by atoms with E-state index in [1.54, 1.807) is 18.7 Å². The Hall–Kier alpha value is -1.85. The first-order chi connectivity index (χ1) is 7.99. The van der Waals surface area contributed by atoms with E-state index in [1.807, 2.05) is 20.0 Å². The zero-order chi connectivity index (χ0) is 12.6. The largest absolute Gasteiger partial charge is 0.364 e. The number of nitrogens with one attached hydrogen (secondary N) is 1. The van der Waals surface area contributed by atoms with E-state index in [1.165, 1.54) is 4.68 Å². The SMILES string of the molecule is Cc1nn(C)c(F)c1CNc1cc(C)n(C)n1. The molecule has 0 unspecified atom stereocenters. The maximum absolute atomic E-state index is 13.6. The Kier molecular flexibility index (Phi) is 2.87. The lowest BCUT2D eigenvalue weighted by atomic mass is 10.2. The molecule has 0 aromatic carbocycles. The number of hydrogen-bond donors (Lipinski definition) is 1. The fourth-order valence-electron chi connectivity index (χ4n) is 1.70. The van der Waals surface area contributed by atoms with Crippen LogP contribution in [-0.4, -0.2) is 19.6 Å². The van der Waals surface area contributed by atoms with Gasteiger partial charge < -0.3 is 5.32 Å². The highest BCUT2D eigenvalue weighted by Gasteiger charge is 2.12. The van der Waals surface area contributed by atoms with Gasteiger partial charge in [-0.1, -0.05) is 0 Å². The third-order valence-electron chi connectivity index (χ3n) is 2.83. The zero-order valence-corrected chi connectivity index (χ0v) is 10.5. The number of anilines is 1. The van der Waals surface area contributed by atoms with E-state index < -0.39 is 0 Å². The van der Waals surface area contributed by atoms with Crippen molar-refractivity contribution >= 4 is 5.82 Å². The van der Waals surface area contributed by atoms with Gasteiger partial charge in [0.2, 0.25) is 5.95 Å². The zero-order valence-electron chi connectivity index (χ0n) is 10.5. The summed E-state index contributed by atoms with van der Waals surface area (Å²) < 4.78 is 16.7. The molecular formula is C11H16FN5. The lowest BCUT2D eigenvalue weighted by Crippen LogP contribution is -2.04. The number of rotatable bonds is 3. The van der Waals surface area contributed by atoms with Gasteiger partial charge in [0, 0.05) is 38.0 Å². The Morgan fingerprint density at radius 3 is 2.41 bits per heavy atom. The molecular weight excluding hydrogens is 221 g/mol. The molecule has 0 amide bonds. The van der Waals surface area contributed by atoms with Gasteiger partial charge in [-0.2, -0.15) is 14.6 Å². The molecule has 5 nitrogen and oxygen atoms in total. The van der Waals surface area contributed by atoms with Gasteiger partial charge >= 0.3 is 0 Å². The first kappa shape index (κ1) is 11.6. The summed E-state index contributed by atoms with van der Waals surface area (Å²) in [5, 5.41) is 11.4. The van der Waals surface area contributed by atoms with E-state index in [2.05, 4.69) is 15.5 Å². The van der Waals surface area contributed by atoms with E-state index in [0.29, 0.717) is 17.8 Å². The van der Waals surface area contributed by atoms with Crippen LogP contribution < -0.4 is 5.32 Å². The second-order valence-corrected chi connectivity index (χ2v) is 4.13. The van der Waals surface area contributed by atoms with Gasteiger partial charge in [-0.05, 0) is 13.8 Å². The quantitative estimate of drug-likeness (QED) is 0.880. The monoisotopic (exact) mass is 237 g/mol. The molecule has 2 aromatic rings. The van der Waals surface area contributed by atoms with Crippen molar-refractivity contribution in [1.29, 1.82) is 0 Å². The van der Waals surface area contributed by atoms with Gasteiger partial charge in [0.25, 0.3) is 0 Å². The number of aromatic nitrogens is 4. The molecule has 2 rings (SSSR count). The van der Waals surface area contributed by atoms with Crippen LogP contribution in [0.1, 0.15) is 17.0 Å². The Balaban J connectivity index is 2.12. The fourth-order valence-corrected chi connectivity index (χ4v) is 1.70. The smallest absolute Gasteiger partial charge is 0.216 e. The van der Waals surface area contributed by atoms with Crippen molar-refractivity contribution in [3.63, 3.8) is 0 Å². The van der Waals surface area contributed by atoms with Crippen LogP contribution >= 0.6 is 0 Å². The number of hydrogen-bond acceptors (Lipinski definition) is 3. The minimum Gasteiger partial charge on any atom is -0.364 e. The van der Waals surface area contributed by atoms with Crippen LogP contribution in [0.15, 0.2) is 6.07 Å². The fraction of sp³-hybridized carbons (Fsp3) is 0.455. The van der Waals surface area contributed by atoms with Crippen LogP contribution in [0.3, 0.4) is 0 Å². The Bertz CT molecular complexity index is 521. The lowest BCUT2D eigenvalue weighted by Gasteiger charge is -2.01. The van der Waals surface area contributed by atoms with Crippen LogP contribution in [0.25, 0.3) is 0 Å². The minimum absolute atomic E-state index is 0.303. The van der Waals surface area contributed by atoms with E-state index in [4.69, 9.17) is 0 Å². The third-order valence-corrected chi connectivity index (χ3v) is 2.83. The second-order valence-electron chi connectivity index (χ2n) is 4.13. The van der Waals surface area contributed by atoms with E-state index in [-0.39, 0.29) is 5.95 Å². The molecule has 2 heterocycles. The number of halogens is 1. The summed E-state index contributed by atoms with van der Waals surface area (Å²) in [7, 11) is 3.47. The van der Waals surface area contributed by atoms with Crippen LogP contribution in [0.2, 0.25) is 0 Å². The van der Waals surface area contributed by atoms with Gasteiger partial charge in [-0.15, -0.1) is 0 Å². The highest BCUT2D eigenvalue weighted by molar-refractivity contribution is 5.37. The molecule has 0 aliphatic rings. The maximum atomic E-state index is 13.6. The molecule has 17 heavy (non-hydrogen) atoms. The van der Waals surface area contributed by atoms with Gasteiger partial charge in [0.05, 0.1) is 5.69 Å². The van der Waals surface area contributed by atoms with Gasteiger partial charge in [-0.3, -0.25) is 4.68 Å². The van der Waals surface area contributed by atoms with Gasteiger partial charge in [0.15, 0.2) is 0 Å². The Labute approximate surface area is 99.2 Å². The summed E-state index contributed by atoms with van der Waals surface area (Å²) in [4.78, 5) is 0. The Morgan fingerprint density at radius 2 is 1.94 bits per heavy atom. The lowest BCUT2D eigenvalue weighted by molar-refractivity contribution is 0.496. The second kappa shape index (κ2) is 4.20. The van der Waals surface area contributed by atoms with Crippen molar-refractivity contribution in [3.05, 3.63) is 29.0 Å². The predicted molar refractivity (Wildman–Crippen MR) is 63.2 cm³/mol. The molecule has 0 radical (unpaired) electrons. The van der Waals surface area contributed by atoms with Crippen LogP contribution in [-0.2, 0) is 20.6 Å². The topological polar surface area (TPSA) is 47.7 Å².